The van der Waals surface area contributed by atoms with Crippen LogP contribution in [0.15, 0.2) is 40.7 Å². The van der Waals surface area contributed by atoms with Gasteiger partial charge in [-0.3, -0.25) is 0 Å². The summed E-state index contributed by atoms with van der Waals surface area (Å²) >= 11 is 1.64. The summed E-state index contributed by atoms with van der Waals surface area (Å²) in [4.78, 5) is 11.2. The van der Waals surface area contributed by atoms with Gasteiger partial charge >= 0.3 is 0 Å². The van der Waals surface area contributed by atoms with Gasteiger partial charge in [0.2, 0.25) is 0 Å². The number of guanidine groups is 1. The Morgan fingerprint density at radius 1 is 1.30 bits per heavy atom. The monoisotopic (exact) mass is 331 g/mol. The number of nitrogens with one attached hydrogen (secondary N) is 2. The van der Waals surface area contributed by atoms with Gasteiger partial charge in [-0.25, -0.2) is 9.98 Å². The summed E-state index contributed by atoms with van der Waals surface area (Å²) in [5.41, 5.74) is 2.23. The summed E-state index contributed by atoms with van der Waals surface area (Å²) in [7, 11) is 4.00. The first-order valence-corrected chi connectivity index (χ1v) is 8.69. The highest BCUT2D eigenvalue weighted by Gasteiger charge is 2.08. The number of nitrogens with zero attached hydrogens (tertiary/aromatic N) is 3. The molecule has 0 fully saturated rings. The molecule has 1 aromatic carbocycles. The molecule has 23 heavy (non-hydrogen) atoms. The molecular formula is C17H25N5S. The summed E-state index contributed by atoms with van der Waals surface area (Å²) in [6, 6.07) is 10.6. The first-order valence-electron chi connectivity index (χ1n) is 7.81. The molecule has 0 aliphatic heterocycles. The first kappa shape index (κ1) is 17.3. The average molecular weight is 331 g/mol. The van der Waals surface area contributed by atoms with Crippen molar-refractivity contribution in [2.24, 2.45) is 4.99 Å². The van der Waals surface area contributed by atoms with E-state index in [0.717, 1.165) is 23.3 Å². The summed E-state index contributed by atoms with van der Waals surface area (Å²) in [6.45, 7) is 5.60. The lowest BCUT2D eigenvalue weighted by Gasteiger charge is -2.18. The molecule has 0 aliphatic rings. The Balaban J connectivity index is 2.01. The standard InChI is InChI=1S/C17H25N5S/c1-5-18-16(20-13(2)14-9-7-6-8-10-14)19-11-15-12-23-17(21-15)22(3)4/h6-10,12-13H,5,11H2,1-4H3,(H2,18,19,20). The van der Waals surface area contributed by atoms with Gasteiger partial charge in [0.15, 0.2) is 11.1 Å². The second-order valence-electron chi connectivity index (χ2n) is 5.49. The number of hydrogen-bond acceptors (Lipinski definition) is 4. The van der Waals surface area contributed by atoms with E-state index in [1.165, 1.54) is 5.56 Å². The minimum Gasteiger partial charge on any atom is -0.357 e. The summed E-state index contributed by atoms with van der Waals surface area (Å²) in [5.74, 6) is 0.809. The number of aliphatic imine (C=N–C) groups is 1. The van der Waals surface area contributed by atoms with Crippen LogP contribution in [0.1, 0.15) is 31.1 Å². The van der Waals surface area contributed by atoms with Crippen LogP contribution in [-0.2, 0) is 6.54 Å². The van der Waals surface area contributed by atoms with Crippen LogP contribution in [0.2, 0.25) is 0 Å². The lowest BCUT2D eigenvalue weighted by atomic mass is 10.1. The zero-order valence-electron chi connectivity index (χ0n) is 14.2. The molecule has 124 valence electrons. The van der Waals surface area contributed by atoms with Gasteiger partial charge in [0.05, 0.1) is 18.3 Å². The van der Waals surface area contributed by atoms with Crippen molar-refractivity contribution in [1.29, 1.82) is 0 Å². The third kappa shape index (κ3) is 5.25. The molecule has 1 heterocycles. The Bertz CT molecular complexity index is 621. The topological polar surface area (TPSA) is 52.6 Å². The molecule has 1 unspecified atom stereocenters. The molecule has 1 atom stereocenters. The molecule has 0 bridgehead atoms. The van der Waals surface area contributed by atoms with Crippen LogP contribution in [0.3, 0.4) is 0 Å². The number of anilines is 1. The van der Waals surface area contributed by atoms with E-state index in [2.05, 4.69) is 64.1 Å². The van der Waals surface area contributed by atoms with Crippen molar-refractivity contribution in [2.45, 2.75) is 26.4 Å². The highest BCUT2D eigenvalue weighted by molar-refractivity contribution is 7.13. The highest BCUT2D eigenvalue weighted by atomic mass is 32.1. The van der Waals surface area contributed by atoms with Crippen molar-refractivity contribution < 1.29 is 0 Å². The van der Waals surface area contributed by atoms with Crippen molar-refractivity contribution in [3.63, 3.8) is 0 Å². The molecule has 0 radical (unpaired) electrons. The van der Waals surface area contributed by atoms with E-state index in [9.17, 15) is 0 Å². The second-order valence-corrected chi connectivity index (χ2v) is 6.32. The molecule has 0 aliphatic carbocycles. The molecule has 0 amide bonds. The first-order chi connectivity index (χ1) is 11.1. The molecule has 6 heteroatoms. The van der Waals surface area contributed by atoms with E-state index in [4.69, 9.17) is 0 Å². The predicted octanol–water partition coefficient (Wildman–Crippen LogP) is 3.03. The van der Waals surface area contributed by atoms with Gasteiger partial charge in [-0.05, 0) is 19.4 Å². The van der Waals surface area contributed by atoms with E-state index in [1.807, 2.05) is 25.1 Å². The van der Waals surface area contributed by atoms with Crippen LogP contribution in [-0.4, -0.2) is 31.6 Å². The lowest BCUT2D eigenvalue weighted by Crippen LogP contribution is -2.38. The fourth-order valence-electron chi connectivity index (χ4n) is 2.08. The summed E-state index contributed by atoms with van der Waals surface area (Å²) in [6.07, 6.45) is 0. The van der Waals surface area contributed by atoms with Gasteiger partial charge in [0.1, 0.15) is 0 Å². The van der Waals surface area contributed by atoms with Crippen molar-refractivity contribution in [3.05, 3.63) is 47.0 Å². The quantitative estimate of drug-likeness (QED) is 0.631. The van der Waals surface area contributed by atoms with E-state index in [-0.39, 0.29) is 6.04 Å². The highest BCUT2D eigenvalue weighted by Crippen LogP contribution is 2.18. The zero-order chi connectivity index (χ0) is 16.7. The summed E-state index contributed by atoms with van der Waals surface area (Å²) in [5, 5.41) is 9.79. The van der Waals surface area contributed by atoms with E-state index in [0.29, 0.717) is 6.54 Å². The van der Waals surface area contributed by atoms with Gasteiger partial charge < -0.3 is 15.5 Å². The maximum absolute atomic E-state index is 4.64. The molecule has 2 N–H and O–H groups in total. The van der Waals surface area contributed by atoms with Crippen molar-refractivity contribution >= 4 is 22.4 Å². The zero-order valence-corrected chi connectivity index (χ0v) is 15.0. The number of rotatable bonds is 6. The molecule has 0 saturated heterocycles. The third-order valence-electron chi connectivity index (χ3n) is 3.32. The van der Waals surface area contributed by atoms with Gasteiger partial charge in [-0.1, -0.05) is 30.3 Å². The maximum atomic E-state index is 4.64. The average Bonchev–Trinajstić information content (AvgIpc) is 3.03. The second kappa shape index (κ2) is 8.53. The minimum atomic E-state index is 0.196. The summed E-state index contributed by atoms with van der Waals surface area (Å²) < 4.78 is 0. The Labute approximate surface area is 142 Å². The normalized spacial score (nSPS) is 12.8. The number of benzene rings is 1. The Morgan fingerprint density at radius 3 is 2.65 bits per heavy atom. The van der Waals surface area contributed by atoms with E-state index >= 15 is 0 Å². The maximum Gasteiger partial charge on any atom is 0.192 e. The van der Waals surface area contributed by atoms with Crippen LogP contribution in [0, 0.1) is 0 Å². The largest absolute Gasteiger partial charge is 0.357 e. The van der Waals surface area contributed by atoms with Gasteiger partial charge in [0.25, 0.3) is 0 Å². The van der Waals surface area contributed by atoms with Crippen molar-refractivity contribution in [3.8, 4) is 0 Å². The Hall–Kier alpha value is -2.08. The van der Waals surface area contributed by atoms with Crippen LogP contribution in [0.5, 0.6) is 0 Å². The van der Waals surface area contributed by atoms with E-state index in [1.54, 1.807) is 11.3 Å². The van der Waals surface area contributed by atoms with Crippen LogP contribution < -0.4 is 15.5 Å². The van der Waals surface area contributed by atoms with Gasteiger partial charge in [0, 0.05) is 26.0 Å². The van der Waals surface area contributed by atoms with Crippen LogP contribution in [0.25, 0.3) is 0 Å². The van der Waals surface area contributed by atoms with Crippen molar-refractivity contribution in [1.82, 2.24) is 15.6 Å². The number of thiazole rings is 1. The molecule has 1 aromatic heterocycles. The molecular weight excluding hydrogens is 306 g/mol. The SMILES string of the molecule is CCNC(=NCc1csc(N(C)C)n1)NC(C)c1ccccc1. The molecule has 2 aromatic rings. The fourth-order valence-corrected chi connectivity index (χ4v) is 2.83. The lowest BCUT2D eigenvalue weighted by molar-refractivity contribution is 0.686. The smallest absolute Gasteiger partial charge is 0.192 e. The number of hydrogen-bond donors (Lipinski definition) is 2. The molecule has 5 nitrogen and oxygen atoms in total. The fraction of sp³-hybridized carbons (Fsp3) is 0.412. The van der Waals surface area contributed by atoms with Crippen LogP contribution in [0.4, 0.5) is 5.13 Å². The molecule has 0 saturated carbocycles. The Kier molecular flexibility index (Phi) is 6.40. The third-order valence-corrected chi connectivity index (χ3v) is 4.38. The number of aromatic nitrogens is 1. The Morgan fingerprint density at radius 2 is 2.04 bits per heavy atom. The van der Waals surface area contributed by atoms with E-state index < -0.39 is 0 Å². The minimum absolute atomic E-state index is 0.196. The van der Waals surface area contributed by atoms with Gasteiger partial charge in [-0.15, -0.1) is 11.3 Å². The van der Waals surface area contributed by atoms with Gasteiger partial charge in [-0.2, -0.15) is 0 Å². The van der Waals surface area contributed by atoms with Crippen LogP contribution >= 0.6 is 11.3 Å². The molecule has 2 rings (SSSR count). The molecule has 0 spiro atoms. The predicted molar refractivity (Wildman–Crippen MR) is 99.2 cm³/mol. The van der Waals surface area contributed by atoms with Crippen molar-refractivity contribution in [2.75, 3.05) is 25.5 Å².